The number of aryl methyl sites for hydroxylation is 2. The fraction of sp³-hybridized carbons (Fsp3) is 0.378. The van der Waals surface area contributed by atoms with Gasteiger partial charge in [-0.15, -0.1) is 5.10 Å². The Morgan fingerprint density at radius 1 is 0.736 bits per heavy atom. The van der Waals surface area contributed by atoms with Crippen molar-refractivity contribution < 1.29 is 41.8 Å². The molecule has 3 aromatic heterocycles. The minimum Gasteiger partial charge on any atom is -0.477 e. The number of ether oxygens (including phenoxy) is 3. The van der Waals surface area contributed by atoms with Gasteiger partial charge in [-0.1, -0.05) is 117 Å². The smallest absolute Gasteiger partial charge is 0.452 e. The molecule has 27 heteroatoms. The minimum atomic E-state index is -4.61. The lowest BCUT2D eigenvalue weighted by atomic mass is 10.0. The van der Waals surface area contributed by atoms with Crippen LogP contribution in [-0.4, -0.2) is 86.0 Å². The number of carbonyl (C=O) groups is 3. The van der Waals surface area contributed by atoms with Crippen LogP contribution in [-0.2, 0) is 17.5 Å². The van der Waals surface area contributed by atoms with Crippen LogP contribution in [0.25, 0.3) is 11.4 Å². The van der Waals surface area contributed by atoms with E-state index in [-0.39, 0.29) is 28.9 Å². The van der Waals surface area contributed by atoms with Gasteiger partial charge in [-0.2, -0.15) is 36.9 Å². The second kappa shape index (κ2) is 30.8. The van der Waals surface area contributed by atoms with E-state index in [9.17, 15) is 27.6 Å². The SMILES string of the molecule is CCCCC(CC)COCCCNC(=O)NNc1nc(-c2ccccc2)ns1.COc1nnc(OC)c(NNC(=O)NCc2cccc(C)c2)n1.Cc1ccccc1NC(=O)NNc1nc(C(F)(F)F)ns1. The Kier molecular flexibility index (Phi) is 24.4. The van der Waals surface area contributed by atoms with Crippen molar-refractivity contribution in [3.8, 4) is 23.3 Å². The molecule has 1 atom stereocenters. The van der Waals surface area contributed by atoms with Crippen molar-refractivity contribution in [1.29, 1.82) is 0 Å². The van der Waals surface area contributed by atoms with Gasteiger partial charge in [0.1, 0.15) is 0 Å². The molecule has 0 radical (unpaired) electrons. The molecule has 72 heavy (non-hydrogen) atoms. The molecule has 0 bridgehead atoms. The van der Waals surface area contributed by atoms with E-state index in [0.29, 0.717) is 53.8 Å². The number of nitrogens with one attached hydrogen (secondary N) is 9. The van der Waals surface area contributed by atoms with Gasteiger partial charge in [0, 0.05) is 60.6 Å². The van der Waals surface area contributed by atoms with E-state index in [1.54, 1.807) is 12.1 Å². The number of aromatic nitrogens is 7. The van der Waals surface area contributed by atoms with Crippen molar-refractivity contribution in [1.82, 2.24) is 60.8 Å². The molecule has 1 unspecified atom stereocenters. The molecule has 6 aromatic rings. The average Bonchev–Trinajstić information content (AvgIpc) is 4.08. The summed E-state index contributed by atoms with van der Waals surface area (Å²) in [5.41, 5.74) is 19.4. The van der Waals surface area contributed by atoms with E-state index in [4.69, 9.17) is 14.2 Å². The molecule has 3 heterocycles. The summed E-state index contributed by atoms with van der Waals surface area (Å²) in [7, 11) is 2.83. The van der Waals surface area contributed by atoms with Gasteiger partial charge in [0.2, 0.25) is 21.9 Å². The number of rotatable bonds is 22. The second-order valence-electron chi connectivity index (χ2n) is 15.2. The first kappa shape index (κ1) is 56.9. The number of unbranched alkanes of at least 4 members (excludes halogenated alkanes) is 1. The maximum absolute atomic E-state index is 12.3. The molecule has 0 aliphatic heterocycles. The van der Waals surface area contributed by atoms with Crippen LogP contribution < -0.4 is 58.0 Å². The number of carbonyl (C=O) groups excluding carboxylic acids is 3. The lowest BCUT2D eigenvalue weighted by Gasteiger charge is -2.14. The fourth-order valence-corrected chi connectivity index (χ4v) is 6.88. The molecule has 6 amide bonds. The number of hydrazine groups is 3. The van der Waals surface area contributed by atoms with Crippen LogP contribution in [0.5, 0.6) is 11.9 Å². The van der Waals surface area contributed by atoms with Crippen LogP contribution in [0.2, 0.25) is 0 Å². The highest BCUT2D eigenvalue weighted by Crippen LogP contribution is 2.29. The van der Waals surface area contributed by atoms with Crippen LogP contribution in [0.1, 0.15) is 68.5 Å². The number of alkyl halides is 3. The van der Waals surface area contributed by atoms with E-state index < -0.39 is 24.1 Å². The third kappa shape index (κ3) is 21.1. The number of halogens is 3. The highest BCUT2D eigenvalue weighted by Gasteiger charge is 2.36. The quantitative estimate of drug-likeness (QED) is 0.0228. The van der Waals surface area contributed by atoms with Crippen LogP contribution >= 0.6 is 23.1 Å². The summed E-state index contributed by atoms with van der Waals surface area (Å²) in [5, 5.41) is 15.8. The second-order valence-corrected chi connectivity index (χ2v) is 16.7. The van der Waals surface area contributed by atoms with E-state index >= 15 is 0 Å². The Hall–Kier alpha value is -7.65. The molecule has 0 aliphatic carbocycles. The first-order valence-corrected chi connectivity index (χ1v) is 24.0. The number of methoxy groups -OCH3 is 2. The van der Waals surface area contributed by atoms with Crippen molar-refractivity contribution in [2.75, 3.05) is 55.6 Å². The van der Waals surface area contributed by atoms with Gasteiger partial charge < -0.3 is 30.2 Å². The molecule has 0 spiro atoms. The third-order valence-corrected chi connectivity index (χ3v) is 10.8. The zero-order chi connectivity index (χ0) is 52.1. The van der Waals surface area contributed by atoms with Crippen molar-refractivity contribution in [2.24, 2.45) is 5.92 Å². The number of hydrogen-bond donors (Lipinski definition) is 9. The Morgan fingerprint density at radius 3 is 2.11 bits per heavy atom. The number of para-hydroxylation sites is 1. The normalized spacial score (nSPS) is 11.0. The highest BCUT2D eigenvalue weighted by molar-refractivity contribution is 7.10. The first-order valence-electron chi connectivity index (χ1n) is 22.4. The summed E-state index contributed by atoms with van der Waals surface area (Å²) in [4.78, 5) is 46.8. The summed E-state index contributed by atoms with van der Waals surface area (Å²) in [6, 6.07) is 23.3. The molecule has 0 fully saturated rings. The highest BCUT2D eigenvalue weighted by atomic mass is 32.1. The van der Waals surface area contributed by atoms with Crippen LogP contribution in [0, 0.1) is 19.8 Å². The molecule has 0 aliphatic rings. The lowest BCUT2D eigenvalue weighted by Crippen LogP contribution is -2.39. The number of nitrogens with zero attached hydrogens (tertiary/aromatic N) is 7. The number of anilines is 4. The zero-order valence-corrected chi connectivity index (χ0v) is 42.1. The summed E-state index contributed by atoms with van der Waals surface area (Å²) in [6.45, 7) is 10.7. The summed E-state index contributed by atoms with van der Waals surface area (Å²) >= 11 is 1.69. The average molecular weight is 1040 g/mol. The van der Waals surface area contributed by atoms with E-state index in [2.05, 4.69) is 96.2 Å². The van der Waals surface area contributed by atoms with Crippen molar-refractivity contribution in [2.45, 2.75) is 72.5 Å². The number of amides is 6. The molecule has 6 rings (SSSR count). The molecule has 0 saturated heterocycles. The summed E-state index contributed by atoms with van der Waals surface area (Å²) in [6.07, 6.45) is 1.06. The van der Waals surface area contributed by atoms with Gasteiger partial charge in [0.15, 0.2) is 5.82 Å². The van der Waals surface area contributed by atoms with Gasteiger partial charge >= 0.3 is 30.3 Å². The largest absolute Gasteiger partial charge is 0.477 e. The number of hydrogen-bond acceptors (Lipinski definition) is 18. The van der Waals surface area contributed by atoms with Crippen LogP contribution in [0.15, 0.2) is 78.9 Å². The van der Waals surface area contributed by atoms with Crippen molar-refractivity contribution >= 4 is 62.9 Å². The lowest BCUT2D eigenvalue weighted by molar-refractivity contribution is -0.144. The minimum absolute atomic E-state index is 0.0512. The maximum atomic E-state index is 12.3. The van der Waals surface area contributed by atoms with E-state index in [1.165, 1.54) is 45.0 Å². The summed E-state index contributed by atoms with van der Waals surface area (Å²) < 4.78 is 59.9. The molecule has 9 N–H and O–H groups in total. The zero-order valence-electron chi connectivity index (χ0n) is 40.5. The van der Waals surface area contributed by atoms with E-state index in [0.717, 1.165) is 41.7 Å². The number of urea groups is 3. The van der Waals surface area contributed by atoms with Gasteiger partial charge in [0.05, 0.1) is 14.2 Å². The van der Waals surface area contributed by atoms with E-state index in [1.807, 2.05) is 80.6 Å². The van der Waals surface area contributed by atoms with Crippen molar-refractivity contribution in [3.63, 3.8) is 0 Å². The molecule has 0 saturated carbocycles. The van der Waals surface area contributed by atoms with Gasteiger partial charge in [0.25, 0.3) is 5.88 Å². The van der Waals surface area contributed by atoms with Gasteiger partial charge in [-0.3, -0.25) is 21.7 Å². The number of benzene rings is 3. The maximum Gasteiger partial charge on any atom is 0.452 e. The Bertz CT molecular complexity index is 2560. The van der Waals surface area contributed by atoms with Crippen LogP contribution in [0.4, 0.5) is 49.3 Å². The molecule has 388 valence electrons. The van der Waals surface area contributed by atoms with Crippen molar-refractivity contribution in [3.05, 3.63) is 101 Å². The monoisotopic (exact) mass is 1040 g/mol. The third-order valence-electron chi connectivity index (χ3n) is 9.59. The Morgan fingerprint density at radius 2 is 1.43 bits per heavy atom. The van der Waals surface area contributed by atoms with Gasteiger partial charge in [-0.05, 0) is 49.8 Å². The predicted molar refractivity (Wildman–Crippen MR) is 269 cm³/mol. The standard InChI is InChI=1S/C20H31N5O2S.C14H18N6O3.C11H10F3N5OS/c1-3-5-10-16(4-2)15-27-14-9-13-21-19(26)23-24-20-22-18(25-28-20)17-11-7-6-8-12-17;1-9-5-4-6-10(7-9)8-15-13(21)19-17-11-12(22-2)18-20-14(16-11)23-3;1-6-4-2-3-5-7(6)15-9(20)17-18-10-16-8(19-21-10)11(12,13)14/h6-8,11-12,16H,3-5,9-10,13-15H2,1-2H3,(H2,21,23,26)(H,22,24,25);4-7H,8H2,1-3H3,(H2,15,19,21)(H,16,17,20);2-5H,1H3,(H2,15,17,20)(H,16,18,19). The molecule has 22 nitrogen and oxygen atoms in total. The molecule has 3 aromatic carbocycles. The predicted octanol–water partition coefficient (Wildman–Crippen LogP) is 8.49. The van der Waals surface area contributed by atoms with Gasteiger partial charge in [-0.25, -0.2) is 25.2 Å². The topological polar surface area (TPSA) is 277 Å². The first-order chi connectivity index (χ1) is 34.7. The summed E-state index contributed by atoms with van der Waals surface area (Å²) in [5.74, 6) is 0.343. The fourth-order valence-electron chi connectivity index (χ4n) is 5.80. The molecular formula is C45H59F3N16O6S2. The Balaban J connectivity index is 0.000000237. The molecular weight excluding hydrogens is 982 g/mol. The Labute approximate surface area is 422 Å². The van der Waals surface area contributed by atoms with Crippen LogP contribution in [0.3, 0.4) is 0 Å².